The average Bonchev–Trinajstić information content (AvgIpc) is 3.17. The van der Waals surface area contributed by atoms with Crippen LogP contribution in [-0.4, -0.2) is 37.4 Å². The highest BCUT2D eigenvalue weighted by Crippen LogP contribution is 2.30. The van der Waals surface area contributed by atoms with Crippen LogP contribution in [0.3, 0.4) is 0 Å². The van der Waals surface area contributed by atoms with Gasteiger partial charge < -0.3 is 9.47 Å². The fourth-order valence-corrected chi connectivity index (χ4v) is 3.10. The number of rotatable bonds is 5. The maximum Gasteiger partial charge on any atom is 0.263 e. The lowest BCUT2D eigenvalue weighted by Gasteiger charge is -2.15. The second kappa shape index (κ2) is 7.31. The van der Waals surface area contributed by atoms with Crippen molar-refractivity contribution in [1.82, 2.24) is 10.2 Å². The lowest BCUT2D eigenvalue weighted by atomic mass is 10.2. The summed E-state index contributed by atoms with van der Waals surface area (Å²) < 4.78 is 10.4. The van der Waals surface area contributed by atoms with E-state index in [1.54, 1.807) is 39.5 Å². The van der Waals surface area contributed by atoms with Crippen LogP contribution < -0.4 is 14.4 Å². The summed E-state index contributed by atoms with van der Waals surface area (Å²) in [6.07, 6.45) is 0. The van der Waals surface area contributed by atoms with Crippen molar-refractivity contribution in [1.29, 1.82) is 0 Å². The van der Waals surface area contributed by atoms with Gasteiger partial charge >= 0.3 is 0 Å². The highest BCUT2D eigenvalue weighted by Gasteiger charge is 2.20. The Bertz CT molecular complexity index is 877. The van der Waals surface area contributed by atoms with Crippen LogP contribution in [0, 0.1) is 0 Å². The molecular formula is C18H17N3O3S. The van der Waals surface area contributed by atoms with Crippen LogP contribution >= 0.6 is 11.3 Å². The summed E-state index contributed by atoms with van der Waals surface area (Å²) in [6.45, 7) is 0. The minimum Gasteiger partial charge on any atom is -0.497 e. The average molecular weight is 355 g/mol. The second-order valence-corrected chi connectivity index (χ2v) is 6.14. The smallest absolute Gasteiger partial charge is 0.263 e. The van der Waals surface area contributed by atoms with Crippen molar-refractivity contribution in [3.63, 3.8) is 0 Å². The van der Waals surface area contributed by atoms with Crippen molar-refractivity contribution in [2.24, 2.45) is 0 Å². The second-order valence-electron chi connectivity index (χ2n) is 5.18. The van der Waals surface area contributed by atoms with E-state index in [1.165, 1.54) is 16.2 Å². The molecule has 1 heterocycles. The summed E-state index contributed by atoms with van der Waals surface area (Å²) in [5.74, 6) is 1.10. The van der Waals surface area contributed by atoms with Crippen molar-refractivity contribution < 1.29 is 14.3 Å². The molecule has 0 unspecified atom stereocenters. The maximum absolute atomic E-state index is 12.7. The number of methoxy groups -OCH3 is 2. The Balaban J connectivity index is 1.84. The summed E-state index contributed by atoms with van der Waals surface area (Å²) in [6, 6.07) is 14.6. The van der Waals surface area contributed by atoms with Gasteiger partial charge in [-0.2, -0.15) is 0 Å². The van der Waals surface area contributed by atoms with Crippen LogP contribution in [0.4, 0.5) is 5.13 Å². The number of hydrogen-bond donors (Lipinski definition) is 0. The van der Waals surface area contributed by atoms with E-state index >= 15 is 0 Å². The molecule has 0 bridgehead atoms. The number of amides is 1. The molecule has 0 atom stereocenters. The van der Waals surface area contributed by atoms with Crippen LogP contribution in [0.2, 0.25) is 0 Å². The van der Waals surface area contributed by atoms with Crippen LogP contribution in [-0.2, 0) is 0 Å². The molecule has 0 radical (unpaired) electrons. The van der Waals surface area contributed by atoms with Crippen LogP contribution in [0.15, 0.2) is 48.5 Å². The van der Waals surface area contributed by atoms with Gasteiger partial charge in [0.2, 0.25) is 5.13 Å². The van der Waals surface area contributed by atoms with Gasteiger partial charge in [-0.05, 0) is 36.4 Å². The monoisotopic (exact) mass is 355 g/mol. The predicted molar refractivity (Wildman–Crippen MR) is 97.6 cm³/mol. The zero-order valence-corrected chi connectivity index (χ0v) is 14.9. The molecule has 0 aliphatic rings. The fraction of sp³-hybridized carbons (Fsp3) is 0.167. The summed E-state index contributed by atoms with van der Waals surface area (Å²) >= 11 is 1.35. The zero-order chi connectivity index (χ0) is 17.8. The third-order valence-corrected chi connectivity index (χ3v) is 4.73. The Kier molecular flexibility index (Phi) is 4.95. The highest BCUT2D eigenvalue weighted by molar-refractivity contribution is 7.18. The maximum atomic E-state index is 12.7. The Hall–Kier alpha value is -2.93. The summed E-state index contributed by atoms with van der Waals surface area (Å²) in [5, 5.41) is 9.57. The molecule has 1 amide bonds. The lowest BCUT2D eigenvalue weighted by Crippen LogP contribution is -2.26. The van der Waals surface area contributed by atoms with Crippen molar-refractivity contribution >= 4 is 22.4 Å². The standard InChI is InChI=1S/C18H17N3O3S/c1-21(17(22)14-6-4-5-7-15(14)24-3)18-20-19-16(25-18)12-8-10-13(23-2)11-9-12/h4-11H,1-3H3. The SMILES string of the molecule is COc1ccc(-c2nnc(N(C)C(=O)c3ccccc3OC)s2)cc1. The van der Waals surface area contributed by atoms with E-state index in [4.69, 9.17) is 9.47 Å². The molecule has 3 aromatic rings. The fourth-order valence-electron chi connectivity index (χ4n) is 2.29. The molecule has 3 rings (SSSR count). The largest absolute Gasteiger partial charge is 0.497 e. The number of carbonyl (C=O) groups is 1. The Morgan fingerprint density at radius 1 is 1.00 bits per heavy atom. The van der Waals surface area contributed by atoms with E-state index < -0.39 is 0 Å². The molecule has 0 aliphatic carbocycles. The van der Waals surface area contributed by atoms with Crippen LogP contribution in [0.5, 0.6) is 11.5 Å². The first kappa shape index (κ1) is 16.9. The van der Waals surface area contributed by atoms with Crippen molar-refractivity contribution in [3.05, 3.63) is 54.1 Å². The van der Waals surface area contributed by atoms with Gasteiger partial charge in [-0.15, -0.1) is 10.2 Å². The third-order valence-electron chi connectivity index (χ3n) is 3.68. The van der Waals surface area contributed by atoms with E-state index in [0.717, 1.165) is 16.3 Å². The van der Waals surface area contributed by atoms with E-state index in [2.05, 4.69) is 10.2 Å². The summed E-state index contributed by atoms with van der Waals surface area (Å²) in [5.41, 5.74) is 1.40. The van der Waals surface area contributed by atoms with Gasteiger partial charge in [-0.3, -0.25) is 9.69 Å². The molecule has 7 heteroatoms. The molecular weight excluding hydrogens is 338 g/mol. The molecule has 0 spiro atoms. The molecule has 0 saturated carbocycles. The van der Waals surface area contributed by atoms with E-state index in [-0.39, 0.29) is 5.91 Å². The topological polar surface area (TPSA) is 64.6 Å². The molecule has 0 saturated heterocycles. The highest BCUT2D eigenvalue weighted by atomic mass is 32.1. The first-order valence-corrected chi connectivity index (χ1v) is 8.34. The molecule has 128 valence electrons. The van der Waals surface area contributed by atoms with E-state index in [1.807, 2.05) is 30.3 Å². The number of ether oxygens (including phenoxy) is 2. The van der Waals surface area contributed by atoms with E-state index in [9.17, 15) is 4.79 Å². The quantitative estimate of drug-likeness (QED) is 0.701. The van der Waals surface area contributed by atoms with Crippen molar-refractivity contribution in [3.8, 4) is 22.1 Å². The van der Waals surface area contributed by atoms with Crippen molar-refractivity contribution in [2.45, 2.75) is 0 Å². The summed E-state index contributed by atoms with van der Waals surface area (Å²) in [7, 11) is 4.84. The zero-order valence-electron chi connectivity index (χ0n) is 14.1. The number of nitrogens with zero attached hydrogens (tertiary/aromatic N) is 3. The Labute approximate surface area is 149 Å². The third kappa shape index (κ3) is 3.46. The predicted octanol–water partition coefficient (Wildman–Crippen LogP) is 3.50. The van der Waals surface area contributed by atoms with E-state index in [0.29, 0.717) is 16.4 Å². The number of para-hydroxylation sites is 1. The number of benzene rings is 2. The molecule has 0 aliphatic heterocycles. The Morgan fingerprint density at radius 3 is 2.40 bits per heavy atom. The van der Waals surface area contributed by atoms with Gasteiger partial charge in [0, 0.05) is 12.6 Å². The first-order chi connectivity index (χ1) is 12.1. The summed E-state index contributed by atoms with van der Waals surface area (Å²) in [4.78, 5) is 14.2. The number of anilines is 1. The van der Waals surface area contributed by atoms with Crippen molar-refractivity contribution in [2.75, 3.05) is 26.2 Å². The van der Waals surface area contributed by atoms with Crippen LogP contribution in [0.1, 0.15) is 10.4 Å². The Morgan fingerprint density at radius 2 is 1.72 bits per heavy atom. The molecule has 0 N–H and O–H groups in total. The normalized spacial score (nSPS) is 10.4. The molecule has 1 aromatic heterocycles. The number of hydrogen-bond acceptors (Lipinski definition) is 6. The first-order valence-electron chi connectivity index (χ1n) is 7.53. The number of carbonyl (C=O) groups excluding carboxylic acids is 1. The van der Waals surface area contributed by atoms with Crippen LogP contribution in [0.25, 0.3) is 10.6 Å². The molecule has 2 aromatic carbocycles. The van der Waals surface area contributed by atoms with Gasteiger partial charge in [0.05, 0.1) is 19.8 Å². The minimum absolute atomic E-state index is 0.199. The minimum atomic E-state index is -0.199. The number of aromatic nitrogens is 2. The van der Waals surface area contributed by atoms with Gasteiger partial charge in [0.1, 0.15) is 16.5 Å². The molecule has 25 heavy (non-hydrogen) atoms. The van der Waals surface area contributed by atoms with Gasteiger partial charge in [0.15, 0.2) is 0 Å². The van der Waals surface area contributed by atoms with Gasteiger partial charge in [-0.25, -0.2) is 0 Å². The van der Waals surface area contributed by atoms with Gasteiger partial charge in [-0.1, -0.05) is 23.5 Å². The molecule has 0 fully saturated rings. The van der Waals surface area contributed by atoms with Gasteiger partial charge in [0.25, 0.3) is 5.91 Å². The lowest BCUT2D eigenvalue weighted by molar-refractivity contribution is 0.0990. The molecule has 6 nitrogen and oxygen atoms in total.